The van der Waals surface area contributed by atoms with Crippen LogP contribution in [0.4, 0.5) is 0 Å². The Balaban J connectivity index is 1.71. The Morgan fingerprint density at radius 1 is 1.50 bits per heavy atom. The van der Waals surface area contributed by atoms with Crippen molar-refractivity contribution in [3.63, 3.8) is 0 Å². The van der Waals surface area contributed by atoms with Gasteiger partial charge in [-0.1, -0.05) is 6.92 Å². The van der Waals surface area contributed by atoms with Gasteiger partial charge in [0.15, 0.2) is 0 Å². The molecule has 0 bridgehead atoms. The van der Waals surface area contributed by atoms with Crippen molar-refractivity contribution in [3.8, 4) is 0 Å². The summed E-state index contributed by atoms with van der Waals surface area (Å²) in [6.07, 6.45) is 6.78. The molecule has 20 heavy (non-hydrogen) atoms. The van der Waals surface area contributed by atoms with E-state index in [1.165, 1.54) is 13.0 Å². The topological polar surface area (TPSA) is 58.4 Å². The first kappa shape index (κ1) is 13.6. The molecule has 0 spiro atoms. The second-order valence-electron chi connectivity index (χ2n) is 6.05. The minimum atomic E-state index is -0.729. The molecule has 0 aromatic carbocycles. The number of rotatable bonds is 4. The highest BCUT2D eigenvalue weighted by molar-refractivity contribution is 5.72. The Labute approximate surface area is 119 Å². The highest BCUT2D eigenvalue weighted by Crippen LogP contribution is 2.27. The molecule has 2 aliphatic rings. The predicted molar refractivity (Wildman–Crippen MR) is 75.8 cm³/mol. The number of carboxylic acid groups (broad SMARTS) is 1. The molecular formula is C15H23N3O2. The van der Waals surface area contributed by atoms with Gasteiger partial charge in [-0.15, -0.1) is 0 Å². The number of aryl methyl sites for hydroxylation is 1. The van der Waals surface area contributed by atoms with Gasteiger partial charge in [0, 0.05) is 19.2 Å². The molecule has 1 aromatic rings. The van der Waals surface area contributed by atoms with E-state index in [1.54, 1.807) is 0 Å². The zero-order valence-corrected chi connectivity index (χ0v) is 12.1. The summed E-state index contributed by atoms with van der Waals surface area (Å²) in [5.41, 5.74) is 1.08. The van der Waals surface area contributed by atoms with Crippen molar-refractivity contribution in [2.75, 3.05) is 19.6 Å². The summed E-state index contributed by atoms with van der Waals surface area (Å²) in [6, 6.07) is -0.407. The first-order valence-electron chi connectivity index (χ1n) is 7.69. The predicted octanol–water partition coefficient (Wildman–Crippen LogP) is 1.73. The standard InChI is InChI=1S/C15H23N3O2/c1-2-17-7-6-11(9-17)8-12-10-18-13(15(19)20)4-3-5-14(18)16-12/h10-11,13H,2-9H2,1H3,(H,19,20). The first-order valence-corrected chi connectivity index (χ1v) is 7.69. The third-order valence-electron chi connectivity index (χ3n) is 4.67. The van der Waals surface area contributed by atoms with Gasteiger partial charge in [0.2, 0.25) is 0 Å². The average molecular weight is 277 g/mol. The second-order valence-corrected chi connectivity index (χ2v) is 6.05. The normalized spacial score (nSPS) is 26.6. The number of aliphatic carboxylic acids is 1. The van der Waals surface area contributed by atoms with Crippen LogP contribution in [0.25, 0.3) is 0 Å². The lowest BCUT2D eigenvalue weighted by molar-refractivity contribution is -0.141. The molecule has 5 nitrogen and oxygen atoms in total. The maximum absolute atomic E-state index is 11.3. The van der Waals surface area contributed by atoms with E-state index in [1.807, 2.05) is 10.8 Å². The minimum Gasteiger partial charge on any atom is -0.480 e. The fourth-order valence-corrected chi connectivity index (χ4v) is 3.54. The zero-order valence-electron chi connectivity index (χ0n) is 12.1. The highest BCUT2D eigenvalue weighted by atomic mass is 16.4. The van der Waals surface area contributed by atoms with Gasteiger partial charge in [-0.25, -0.2) is 9.78 Å². The fraction of sp³-hybridized carbons (Fsp3) is 0.733. The van der Waals surface area contributed by atoms with Crippen molar-refractivity contribution in [1.29, 1.82) is 0 Å². The molecule has 2 aliphatic heterocycles. The fourth-order valence-electron chi connectivity index (χ4n) is 3.54. The van der Waals surface area contributed by atoms with Gasteiger partial charge in [0.25, 0.3) is 0 Å². The van der Waals surface area contributed by atoms with Gasteiger partial charge in [-0.3, -0.25) is 0 Å². The van der Waals surface area contributed by atoms with Gasteiger partial charge in [0.05, 0.1) is 5.69 Å². The van der Waals surface area contributed by atoms with Crippen LogP contribution in [0.1, 0.15) is 43.7 Å². The van der Waals surface area contributed by atoms with Crippen LogP contribution in [0.15, 0.2) is 6.20 Å². The number of nitrogens with zero attached hydrogens (tertiary/aromatic N) is 3. The molecule has 1 saturated heterocycles. The number of carboxylic acids is 1. The number of fused-ring (bicyclic) bond motifs is 1. The van der Waals surface area contributed by atoms with Crippen LogP contribution in [0.5, 0.6) is 0 Å². The summed E-state index contributed by atoms with van der Waals surface area (Å²) in [5, 5.41) is 9.29. The summed E-state index contributed by atoms with van der Waals surface area (Å²) in [5.74, 6) is 0.909. The first-order chi connectivity index (χ1) is 9.67. The van der Waals surface area contributed by atoms with E-state index in [-0.39, 0.29) is 0 Å². The van der Waals surface area contributed by atoms with Crippen molar-refractivity contribution >= 4 is 5.97 Å². The van der Waals surface area contributed by atoms with E-state index in [2.05, 4.69) is 16.8 Å². The lowest BCUT2D eigenvalue weighted by Crippen LogP contribution is -2.24. The largest absolute Gasteiger partial charge is 0.480 e. The SMILES string of the molecule is CCN1CCC(Cc2cn3c(n2)CCCC3C(=O)O)C1. The van der Waals surface area contributed by atoms with Gasteiger partial charge >= 0.3 is 5.97 Å². The quantitative estimate of drug-likeness (QED) is 0.910. The van der Waals surface area contributed by atoms with Crippen molar-refractivity contribution in [2.24, 2.45) is 5.92 Å². The third kappa shape index (κ3) is 2.59. The number of hydrogen-bond donors (Lipinski definition) is 1. The van der Waals surface area contributed by atoms with Crippen LogP contribution in [0, 0.1) is 5.92 Å². The lowest BCUT2D eigenvalue weighted by Gasteiger charge is -2.20. The molecule has 110 valence electrons. The summed E-state index contributed by atoms with van der Waals surface area (Å²) in [6.45, 7) is 5.67. The molecule has 2 atom stereocenters. The Hall–Kier alpha value is -1.36. The number of hydrogen-bond acceptors (Lipinski definition) is 3. The summed E-state index contributed by atoms with van der Waals surface area (Å²) in [4.78, 5) is 18.4. The summed E-state index contributed by atoms with van der Waals surface area (Å²) >= 11 is 0. The molecule has 2 unspecified atom stereocenters. The highest BCUT2D eigenvalue weighted by Gasteiger charge is 2.28. The number of imidazole rings is 1. The van der Waals surface area contributed by atoms with Crippen LogP contribution < -0.4 is 0 Å². The molecule has 0 aliphatic carbocycles. The molecule has 5 heteroatoms. The van der Waals surface area contributed by atoms with Crippen LogP contribution in [0.2, 0.25) is 0 Å². The molecule has 1 fully saturated rings. The second kappa shape index (κ2) is 5.56. The molecule has 0 saturated carbocycles. The van der Waals surface area contributed by atoms with E-state index >= 15 is 0 Å². The average Bonchev–Trinajstić information content (AvgIpc) is 3.03. The number of likely N-dealkylation sites (tertiary alicyclic amines) is 1. The molecule has 3 rings (SSSR count). The monoisotopic (exact) mass is 277 g/mol. The zero-order chi connectivity index (χ0) is 14.1. The van der Waals surface area contributed by atoms with Crippen LogP contribution in [-0.2, 0) is 17.6 Å². The Morgan fingerprint density at radius 3 is 3.05 bits per heavy atom. The van der Waals surface area contributed by atoms with Crippen LogP contribution >= 0.6 is 0 Å². The smallest absolute Gasteiger partial charge is 0.326 e. The molecular weight excluding hydrogens is 254 g/mol. The number of carbonyl (C=O) groups is 1. The van der Waals surface area contributed by atoms with E-state index in [0.29, 0.717) is 5.92 Å². The van der Waals surface area contributed by atoms with Crippen molar-refractivity contribution in [3.05, 3.63) is 17.7 Å². The van der Waals surface area contributed by atoms with Crippen LogP contribution in [-0.4, -0.2) is 45.2 Å². The van der Waals surface area contributed by atoms with Crippen molar-refractivity contribution in [2.45, 2.75) is 45.1 Å². The molecule has 0 radical (unpaired) electrons. The molecule has 1 aromatic heterocycles. The van der Waals surface area contributed by atoms with E-state index in [0.717, 1.165) is 50.3 Å². The molecule has 3 heterocycles. The summed E-state index contributed by atoms with van der Waals surface area (Å²) < 4.78 is 1.90. The van der Waals surface area contributed by atoms with Gasteiger partial charge in [0.1, 0.15) is 11.9 Å². The van der Waals surface area contributed by atoms with E-state index in [9.17, 15) is 9.90 Å². The van der Waals surface area contributed by atoms with E-state index < -0.39 is 12.0 Å². The summed E-state index contributed by atoms with van der Waals surface area (Å²) in [7, 11) is 0. The van der Waals surface area contributed by atoms with Gasteiger partial charge in [-0.05, 0) is 44.7 Å². The Kier molecular flexibility index (Phi) is 3.78. The third-order valence-corrected chi connectivity index (χ3v) is 4.67. The van der Waals surface area contributed by atoms with Crippen molar-refractivity contribution < 1.29 is 9.90 Å². The Morgan fingerprint density at radius 2 is 2.35 bits per heavy atom. The lowest BCUT2D eigenvalue weighted by atomic mass is 10.0. The maximum atomic E-state index is 11.3. The minimum absolute atomic E-state index is 0.407. The Bertz CT molecular complexity index is 497. The van der Waals surface area contributed by atoms with Crippen LogP contribution in [0.3, 0.4) is 0 Å². The molecule has 1 N–H and O–H groups in total. The van der Waals surface area contributed by atoms with Gasteiger partial charge in [-0.2, -0.15) is 0 Å². The maximum Gasteiger partial charge on any atom is 0.326 e. The number of aromatic nitrogens is 2. The van der Waals surface area contributed by atoms with E-state index in [4.69, 9.17) is 0 Å². The van der Waals surface area contributed by atoms with Gasteiger partial charge < -0.3 is 14.6 Å². The molecule has 0 amide bonds. The van der Waals surface area contributed by atoms with Crippen molar-refractivity contribution in [1.82, 2.24) is 14.5 Å².